The van der Waals surface area contributed by atoms with Crippen LogP contribution in [0.3, 0.4) is 0 Å². The summed E-state index contributed by atoms with van der Waals surface area (Å²) in [4.78, 5) is 25.3. The monoisotopic (exact) mass is 446 g/mol. The van der Waals surface area contributed by atoms with Gasteiger partial charge in [0.25, 0.3) is 5.91 Å². The molecule has 0 saturated heterocycles. The number of amides is 1. The average molecular weight is 446 g/mol. The number of carboxylic acids is 1. The maximum absolute atomic E-state index is 12.4. The summed E-state index contributed by atoms with van der Waals surface area (Å²) >= 11 is 0. The van der Waals surface area contributed by atoms with Crippen molar-refractivity contribution in [2.45, 2.75) is 12.3 Å². The molecule has 7 nitrogen and oxygen atoms in total. The van der Waals surface area contributed by atoms with Gasteiger partial charge in [0, 0.05) is 18.1 Å². The van der Waals surface area contributed by atoms with E-state index in [1.54, 1.807) is 18.5 Å². The minimum absolute atomic E-state index is 0.192. The summed E-state index contributed by atoms with van der Waals surface area (Å²) in [5.74, 6) is -1.74. The molecule has 10 heteroatoms. The van der Waals surface area contributed by atoms with E-state index in [1.807, 2.05) is 54.6 Å². The number of hydrogen-bond donors (Lipinski definition) is 2. The molecule has 1 aliphatic rings. The third kappa shape index (κ3) is 5.97. The van der Waals surface area contributed by atoms with E-state index >= 15 is 0 Å². The maximum atomic E-state index is 12.4. The zero-order chi connectivity index (χ0) is 23.1. The van der Waals surface area contributed by atoms with E-state index < -0.39 is 18.2 Å². The highest BCUT2D eigenvalue weighted by molar-refractivity contribution is 5.95. The Balaban J connectivity index is 0.000000360. The second kappa shape index (κ2) is 9.82. The van der Waals surface area contributed by atoms with Crippen LogP contribution >= 0.6 is 0 Å². The molecule has 0 bridgehead atoms. The summed E-state index contributed by atoms with van der Waals surface area (Å²) in [6.07, 6.45) is -2.25. The van der Waals surface area contributed by atoms with Gasteiger partial charge in [-0.05, 0) is 47.5 Å². The highest BCUT2D eigenvalue weighted by atomic mass is 19.4. The molecule has 2 heterocycles. The highest BCUT2D eigenvalue weighted by Gasteiger charge is 2.38. The molecule has 1 aliphatic heterocycles. The predicted octanol–water partition coefficient (Wildman–Crippen LogP) is 4.16. The van der Waals surface area contributed by atoms with Gasteiger partial charge in [-0.1, -0.05) is 24.3 Å². The molecule has 1 atom stereocenters. The molecule has 1 amide bonds. The van der Waals surface area contributed by atoms with Gasteiger partial charge in [0.05, 0.1) is 0 Å². The first kappa shape index (κ1) is 22.6. The Labute approximate surface area is 180 Å². The van der Waals surface area contributed by atoms with Crippen molar-refractivity contribution in [3.05, 3.63) is 73.1 Å². The fourth-order valence-corrected chi connectivity index (χ4v) is 2.66. The van der Waals surface area contributed by atoms with Crippen LogP contribution in [-0.2, 0) is 9.59 Å². The van der Waals surface area contributed by atoms with Crippen molar-refractivity contribution < 1.29 is 37.3 Å². The van der Waals surface area contributed by atoms with Crippen molar-refractivity contribution >= 4 is 17.6 Å². The molecule has 3 aromatic rings. The number of benzene rings is 2. The van der Waals surface area contributed by atoms with E-state index in [1.165, 1.54) is 0 Å². The number of pyridine rings is 1. The summed E-state index contributed by atoms with van der Waals surface area (Å²) in [5, 5.41) is 9.99. The molecule has 0 radical (unpaired) electrons. The number of carbonyl (C=O) groups is 2. The molecule has 4 rings (SSSR count). The van der Waals surface area contributed by atoms with Crippen molar-refractivity contribution in [2.24, 2.45) is 0 Å². The van der Waals surface area contributed by atoms with Crippen molar-refractivity contribution in [3.8, 4) is 22.6 Å². The number of nitrogens with zero attached hydrogens (tertiary/aromatic N) is 1. The molecule has 32 heavy (non-hydrogen) atoms. The van der Waals surface area contributed by atoms with Crippen LogP contribution in [0.2, 0.25) is 0 Å². The number of hydrogen-bond acceptors (Lipinski definition) is 5. The smallest absolute Gasteiger partial charge is 0.485 e. The molecule has 0 aliphatic carbocycles. The van der Waals surface area contributed by atoms with Crippen molar-refractivity contribution in [3.63, 3.8) is 0 Å². The Kier molecular flexibility index (Phi) is 6.93. The van der Waals surface area contributed by atoms with Crippen molar-refractivity contribution in [2.75, 3.05) is 11.9 Å². The summed E-state index contributed by atoms with van der Waals surface area (Å²) in [6, 6.07) is 18.9. The molecule has 0 unspecified atom stereocenters. The van der Waals surface area contributed by atoms with Crippen molar-refractivity contribution in [1.82, 2.24) is 4.98 Å². The molecular formula is C22H17F3N2O5. The van der Waals surface area contributed by atoms with E-state index in [9.17, 15) is 18.0 Å². The molecule has 2 N–H and O–H groups in total. The third-order valence-electron chi connectivity index (χ3n) is 4.21. The number of aromatic nitrogens is 1. The molecule has 2 aromatic carbocycles. The van der Waals surface area contributed by atoms with E-state index in [4.69, 9.17) is 19.4 Å². The fourth-order valence-electron chi connectivity index (χ4n) is 2.66. The van der Waals surface area contributed by atoms with E-state index in [2.05, 4.69) is 10.3 Å². The van der Waals surface area contributed by atoms with Gasteiger partial charge in [0.15, 0.2) is 11.5 Å². The molecule has 1 aromatic heterocycles. The number of rotatable bonds is 3. The van der Waals surface area contributed by atoms with Gasteiger partial charge in [-0.25, -0.2) is 4.79 Å². The topological polar surface area (TPSA) is 97.8 Å². The first-order chi connectivity index (χ1) is 15.2. The van der Waals surface area contributed by atoms with Crippen LogP contribution < -0.4 is 14.8 Å². The summed E-state index contributed by atoms with van der Waals surface area (Å²) in [6.45, 7) is 0.192. The van der Waals surface area contributed by atoms with E-state index in [-0.39, 0.29) is 12.5 Å². The number of carbonyl (C=O) groups excluding carboxylic acids is 1. The standard InChI is InChI=1S/C20H16N2O3.C2HF3O2/c23-20(19-13-24-17-3-1-2-4-18(17)25-19)22-16-7-5-14(6-8-16)15-9-11-21-12-10-15;3-2(4,5)1(6)7/h1-12,19H,13H2,(H,22,23);(H,6,7)/t19-;/m1./s1. The number of ether oxygens (including phenoxy) is 2. The number of carboxylic acid groups (broad SMARTS) is 1. The van der Waals surface area contributed by atoms with Gasteiger partial charge in [-0.3, -0.25) is 9.78 Å². The second-order valence-electron chi connectivity index (χ2n) is 6.47. The molecule has 0 saturated carbocycles. The number of fused-ring (bicyclic) bond motifs is 1. The Hall–Kier alpha value is -4.08. The normalized spacial score (nSPS) is 14.5. The fraction of sp³-hybridized carbons (Fsp3) is 0.136. The number of alkyl halides is 3. The quantitative estimate of drug-likeness (QED) is 0.627. The first-order valence-electron chi connectivity index (χ1n) is 9.24. The van der Waals surface area contributed by atoms with Crippen LogP contribution in [0.5, 0.6) is 11.5 Å². The van der Waals surface area contributed by atoms with Crippen LogP contribution in [0.1, 0.15) is 0 Å². The lowest BCUT2D eigenvalue weighted by Crippen LogP contribution is -2.40. The minimum Gasteiger partial charge on any atom is -0.485 e. The number of anilines is 1. The second-order valence-corrected chi connectivity index (χ2v) is 6.47. The lowest BCUT2D eigenvalue weighted by molar-refractivity contribution is -0.192. The Morgan fingerprint density at radius 3 is 2.09 bits per heavy atom. The average Bonchev–Trinajstić information content (AvgIpc) is 2.79. The summed E-state index contributed by atoms with van der Waals surface area (Å²) in [7, 11) is 0. The predicted molar refractivity (Wildman–Crippen MR) is 108 cm³/mol. The summed E-state index contributed by atoms with van der Waals surface area (Å²) < 4.78 is 43.0. The molecule has 0 spiro atoms. The zero-order valence-electron chi connectivity index (χ0n) is 16.4. The van der Waals surface area contributed by atoms with Crippen LogP contribution in [0.25, 0.3) is 11.1 Å². The van der Waals surface area contributed by atoms with Crippen LogP contribution in [0.4, 0.5) is 18.9 Å². The number of nitrogens with one attached hydrogen (secondary N) is 1. The Morgan fingerprint density at radius 2 is 1.50 bits per heavy atom. The van der Waals surface area contributed by atoms with Gasteiger partial charge in [-0.15, -0.1) is 0 Å². The lowest BCUT2D eigenvalue weighted by atomic mass is 10.1. The zero-order valence-corrected chi connectivity index (χ0v) is 16.4. The Morgan fingerprint density at radius 1 is 0.938 bits per heavy atom. The van der Waals surface area contributed by atoms with Gasteiger partial charge in [0.1, 0.15) is 6.61 Å². The number of aliphatic carboxylic acids is 1. The third-order valence-corrected chi connectivity index (χ3v) is 4.21. The molecular weight excluding hydrogens is 429 g/mol. The van der Waals surface area contributed by atoms with Crippen molar-refractivity contribution in [1.29, 1.82) is 0 Å². The lowest BCUT2D eigenvalue weighted by Gasteiger charge is -2.25. The van der Waals surface area contributed by atoms with Crippen LogP contribution in [-0.4, -0.2) is 40.9 Å². The van der Waals surface area contributed by atoms with E-state index in [0.29, 0.717) is 17.2 Å². The number of para-hydroxylation sites is 2. The van der Waals surface area contributed by atoms with Gasteiger partial charge < -0.3 is 19.9 Å². The Bertz CT molecular complexity index is 1070. The van der Waals surface area contributed by atoms with E-state index in [0.717, 1.165) is 11.1 Å². The van der Waals surface area contributed by atoms with Gasteiger partial charge in [0.2, 0.25) is 6.10 Å². The molecule has 166 valence electrons. The first-order valence-corrected chi connectivity index (χ1v) is 9.24. The SMILES string of the molecule is O=C(Nc1ccc(-c2ccncc2)cc1)[C@H]1COc2ccccc2O1.O=C(O)C(F)(F)F. The van der Waals surface area contributed by atoms with Gasteiger partial charge in [-0.2, -0.15) is 13.2 Å². The van der Waals surface area contributed by atoms with Crippen LogP contribution in [0, 0.1) is 0 Å². The maximum Gasteiger partial charge on any atom is 0.490 e. The highest BCUT2D eigenvalue weighted by Crippen LogP contribution is 2.31. The summed E-state index contributed by atoms with van der Waals surface area (Å²) in [5.41, 5.74) is 2.85. The largest absolute Gasteiger partial charge is 0.490 e. The molecule has 0 fully saturated rings. The number of halogens is 3. The van der Waals surface area contributed by atoms with Crippen LogP contribution in [0.15, 0.2) is 73.1 Å². The minimum atomic E-state index is -5.08. The van der Waals surface area contributed by atoms with Gasteiger partial charge >= 0.3 is 12.1 Å².